The summed E-state index contributed by atoms with van der Waals surface area (Å²) < 4.78 is 0. The van der Waals surface area contributed by atoms with Gasteiger partial charge < -0.3 is 15.5 Å². The van der Waals surface area contributed by atoms with Gasteiger partial charge >= 0.3 is 5.69 Å². The van der Waals surface area contributed by atoms with Crippen molar-refractivity contribution in [1.82, 2.24) is 14.9 Å². The number of nitrogens with one attached hydrogen (secondary N) is 2. The summed E-state index contributed by atoms with van der Waals surface area (Å²) in [5.74, 6) is 0.631. The Hall–Kier alpha value is -1.96. The Bertz CT molecular complexity index is 490. The number of hydrogen-bond donors (Lipinski definition) is 2. The minimum absolute atomic E-state index is 0.0995. The van der Waals surface area contributed by atoms with Crippen LogP contribution in [0.5, 0.6) is 0 Å². The quantitative estimate of drug-likeness (QED) is 0.583. The van der Waals surface area contributed by atoms with Crippen LogP contribution in [0.15, 0.2) is 6.20 Å². The molecule has 21 heavy (non-hydrogen) atoms. The van der Waals surface area contributed by atoms with Crippen LogP contribution in [0.25, 0.3) is 0 Å². The summed E-state index contributed by atoms with van der Waals surface area (Å²) in [6, 6.07) is 0.639. The molecule has 0 radical (unpaired) electrons. The predicted molar refractivity (Wildman–Crippen MR) is 81.6 cm³/mol. The summed E-state index contributed by atoms with van der Waals surface area (Å²) in [6.07, 6.45) is 6.31. The van der Waals surface area contributed by atoms with Gasteiger partial charge in [-0.25, -0.2) is 4.98 Å². The van der Waals surface area contributed by atoms with Gasteiger partial charge in [0.05, 0.1) is 4.92 Å². The smallest absolute Gasteiger partial charge is 0.329 e. The molecule has 0 amide bonds. The Kier molecular flexibility index (Phi) is 5.26. The molecule has 1 aliphatic rings. The molecule has 116 valence electrons. The zero-order chi connectivity index (χ0) is 15.2. The minimum atomic E-state index is -0.470. The van der Waals surface area contributed by atoms with E-state index in [-0.39, 0.29) is 11.5 Å². The van der Waals surface area contributed by atoms with Crippen LogP contribution >= 0.6 is 0 Å². The van der Waals surface area contributed by atoms with Gasteiger partial charge in [0.2, 0.25) is 11.8 Å². The first-order valence-corrected chi connectivity index (χ1v) is 7.25. The van der Waals surface area contributed by atoms with E-state index in [0.717, 1.165) is 6.54 Å². The zero-order valence-electron chi connectivity index (χ0n) is 12.5. The highest BCUT2D eigenvalue weighted by molar-refractivity contribution is 5.56. The molecule has 1 aromatic heterocycles. The van der Waals surface area contributed by atoms with Crippen molar-refractivity contribution in [1.29, 1.82) is 0 Å². The first-order chi connectivity index (χ1) is 10.1. The van der Waals surface area contributed by atoms with Crippen LogP contribution in [0.3, 0.4) is 0 Å². The summed E-state index contributed by atoms with van der Waals surface area (Å²) in [7, 11) is 3.78. The Labute approximate surface area is 124 Å². The molecule has 1 fully saturated rings. The van der Waals surface area contributed by atoms with Gasteiger partial charge in [-0.3, -0.25) is 10.1 Å². The van der Waals surface area contributed by atoms with Gasteiger partial charge in [0.15, 0.2) is 0 Å². The largest absolute Gasteiger partial charge is 0.363 e. The van der Waals surface area contributed by atoms with Crippen LogP contribution in [0, 0.1) is 10.1 Å². The number of nitro groups is 1. The third kappa shape index (κ3) is 4.01. The second-order valence-electron chi connectivity index (χ2n) is 5.28. The molecule has 0 atom stereocenters. The molecule has 0 spiro atoms. The zero-order valence-corrected chi connectivity index (χ0v) is 12.5. The molecule has 1 aromatic rings. The Balaban J connectivity index is 1.93. The summed E-state index contributed by atoms with van der Waals surface area (Å²) in [4.78, 5) is 20.8. The van der Waals surface area contributed by atoms with Crippen molar-refractivity contribution in [2.45, 2.75) is 31.7 Å². The lowest BCUT2D eigenvalue weighted by Crippen LogP contribution is -2.33. The van der Waals surface area contributed by atoms with Gasteiger partial charge in [0, 0.05) is 26.2 Å². The van der Waals surface area contributed by atoms with E-state index in [2.05, 4.69) is 32.5 Å². The van der Waals surface area contributed by atoms with Gasteiger partial charge in [0.25, 0.3) is 0 Å². The van der Waals surface area contributed by atoms with E-state index in [1.807, 2.05) is 0 Å². The molecule has 8 nitrogen and oxygen atoms in total. The highest BCUT2D eigenvalue weighted by Crippen LogP contribution is 2.23. The van der Waals surface area contributed by atoms with Gasteiger partial charge in [-0.15, -0.1) is 0 Å². The molecule has 0 aromatic carbocycles. The SMILES string of the molecule is CNc1ncc([N+](=O)[O-])c(NCCN(C)C2CCCC2)n1. The van der Waals surface area contributed by atoms with Crippen molar-refractivity contribution in [3.8, 4) is 0 Å². The first kappa shape index (κ1) is 15.4. The fourth-order valence-electron chi connectivity index (χ4n) is 2.64. The van der Waals surface area contributed by atoms with Gasteiger partial charge in [0.1, 0.15) is 6.20 Å². The van der Waals surface area contributed by atoms with Crippen LogP contribution in [0.1, 0.15) is 25.7 Å². The molecule has 1 saturated carbocycles. The third-order valence-corrected chi connectivity index (χ3v) is 3.89. The molecule has 1 heterocycles. The maximum absolute atomic E-state index is 11.0. The molecule has 2 rings (SSSR count). The van der Waals surface area contributed by atoms with Crippen molar-refractivity contribution in [3.05, 3.63) is 16.3 Å². The van der Waals surface area contributed by atoms with E-state index < -0.39 is 4.92 Å². The Morgan fingerprint density at radius 1 is 1.48 bits per heavy atom. The standard InChI is InChI=1S/C13H22N6O2/c1-14-13-16-9-11(19(20)21)12(17-13)15-7-8-18(2)10-5-3-4-6-10/h9-10H,3-8H2,1-2H3,(H2,14,15,16,17). The molecule has 0 bridgehead atoms. The molecule has 0 saturated heterocycles. The van der Waals surface area contributed by atoms with E-state index in [1.165, 1.54) is 31.9 Å². The van der Waals surface area contributed by atoms with Crippen molar-refractivity contribution in [2.75, 3.05) is 37.8 Å². The second-order valence-corrected chi connectivity index (χ2v) is 5.28. The molecular weight excluding hydrogens is 272 g/mol. The highest BCUT2D eigenvalue weighted by atomic mass is 16.6. The van der Waals surface area contributed by atoms with Crippen LogP contribution in [0.2, 0.25) is 0 Å². The van der Waals surface area contributed by atoms with Crippen molar-refractivity contribution in [3.63, 3.8) is 0 Å². The van der Waals surface area contributed by atoms with Gasteiger partial charge in [-0.1, -0.05) is 12.8 Å². The molecular formula is C13H22N6O2. The molecule has 1 aliphatic carbocycles. The second kappa shape index (κ2) is 7.16. The summed E-state index contributed by atoms with van der Waals surface area (Å²) in [5, 5.41) is 16.8. The molecule has 2 N–H and O–H groups in total. The third-order valence-electron chi connectivity index (χ3n) is 3.89. The van der Waals surface area contributed by atoms with E-state index in [4.69, 9.17) is 0 Å². The number of hydrogen-bond acceptors (Lipinski definition) is 7. The van der Waals surface area contributed by atoms with E-state index >= 15 is 0 Å². The number of nitrogens with zero attached hydrogens (tertiary/aromatic N) is 4. The minimum Gasteiger partial charge on any atom is -0.363 e. The van der Waals surface area contributed by atoms with E-state index in [0.29, 0.717) is 18.5 Å². The van der Waals surface area contributed by atoms with Crippen molar-refractivity contribution < 1.29 is 4.92 Å². The van der Waals surface area contributed by atoms with Gasteiger partial charge in [-0.05, 0) is 19.9 Å². The van der Waals surface area contributed by atoms with Crippen LogP contribution in [0.4, 0.5) is 17.5 Å². The monoisotopic (exact) mass is 294 g/mol. The normalized spacial score (nSPS) is 15.4. The maximum Gasteiger partial charge on any atom is 0.329 e. The van der Waals surface area contributed by atoms with Crippen LogP contribution in [-0.2, 0) is 0 Å². The van der Waals surface area contributed by atoms with Gasteiger partial charge in [-0.2, -0.15) is 4.98 Å². The van der Waals surface area contributed by atoms with Crippen LogP contribution in [-0.4, -0.2) is 53.0 Å². The summed E-state index contributed by atoms with van der Waals surface area (Å²) in [5.41, 5.74) is -0.0995. The number of rotatable bonds is 7. The molecule has 8 heteroatoms. The fourth-order valence-corrected chi connectivity index (χ4v) is 2.64. The number of anilines is 2. The lowest BCUT2D eigenvalue weighted by Gasteiger charge is -2.23. The van der Waals surface area contributed by atoms with Crippen LogP contribution < -0.4 is 10.6 Å². The highest BCUT2D eigenvalue weighted by Gasteiger charge is 2.20. The van der Waals surface area contributed by atoms with Crippen molar-refractivity contribution >= 4 is 17.5 Å². The fraction of sp³-hybridized carbons (Fsp3) is 0.692. The average Bonchev–Trinajstić information content (AvgIpc) is 3.01. The maximum atomic E-state index is 11.0. The lowest BCUT2D eigenvalue weighted by atomic mass is 10.2. The average molecular weight is 294 g/mol. The predicted octanol–water partition coefficient (Wildman–Crippen LogP) is 1.71. The summed E-state index contributed by atoms with van der Waals surface area (Å²) >= 11 is 0. The van der Waals surface area contributed by atoms with Crippen molar-refractivity contribution in [2.24, 2.45) is 0 Å². The topological polar surface area (TPSA) is 96.2 Å². The van der Waals surface area contributed by atoms with E-state index in [1.54, 1.807) is 7.05 Å². The first-order valence-electron chi connectivity index (χ1n) is 7.25. The Morgan fingerprint density at radius 3 is 2.81 bits per heavy atom. The molecule has 0 unspecified atom stereocenters. The Morgan fingerprint density at radius 2 is 2.19 bits per heavy atom. The van der Waals surface area contributed by atoms with E-state index in [9.17, 15) is 10.1 Å². The summed E-state index contributed by atoms with van der Waals surface area (Å²) in [6.45, 7) is 1.45. The molecule has 0 aliphatic heterocycles. The number of aromatic nitrogens is 2. The number of likely N-dealkylation sites (N-methyl/N-ethyl adjacent to an activating group) is 1. The lowest BCUT2D eigenvalue weighted by molar-refractivity contribution is -0.384.